The van der Waals surface area contributed by atoms with Crippen LogP contribution in [0.2, 0.25) is 0 Å². The molecular weight excluding hydrogens is 182 g/mol. The maximum Gasteiger partial charge on any atom is 0.169 e. The molecule has 1 aliphatic rings. The van der Waals surface area contributed by atoms with Crippen molar-refractivity contribution in [3.63, 3.8) is 0 Å². The number of rotatable bonds is 6. The molecule has 0 radical (unpaired) electrons. The normalized spacial score (nSPS) is 22.9. The molecule has 1 heterocycles. The zero-order valence-electron chi connectivity index (χ0n) is 9.12. The molecule has 1 rings (SSSR count). The van der Waals surface area contributed by atoms with Crippen LogP contribution in [0.1, 0.15) is 19.3 Å². The molecule has 0 aromatic carbocycles. The maximum atomic E-state index is 5.58. The SMILES string of the molecule is COC(CNCC1CCCCO1)OC. The third-order valence-corrected chi connectivity index (χ3v) is 2.48. The number of nitrogens with one attached hydrogen (secondary N) is 1. The highest BCUT2D eigenvalue weighted by Gasteiger charge is 2.13. The quantitative estimate of drug-likeness (QED) is 0.647. The molecule has 1 N–H and O–H groups in total. The lowest BCUT2D eigenvalue weighted by Gasteiger charge is -2.23. The molecule has 0 saturated carbocycles. The van der Waals surface area contributed by atoms with Gasteiger partial charge in [-0.1, -0.05) is 0 Å². The second-order valence-electron chi connectivity index (χ2n) is 3.55. The van der Waals surface area contributed by atoms with Crippen LogP contribution in [-0.4, -0.2) is 46.3 Å². The Kier molecular flexibility index (Phi) is 6.10. The van der Waals surface area contributed by atoms with E-state index in [1.807, 2.05) is 0 Å². The summed E-state index contributed by atoms with van der Waals surface area (Å²) in [6.45, 7) is 2.51. The molecule has 0 amide bonds. The van der Waals surface area contributed by atoms with Gasteiger partial charge in [0.2, 0.25) is 0 Å². The van der Waals surface area contributed by atoms with Crippen LogP contribution in [-0.2, 0) is 14.2 Å². The Balaban J connectivity index is 2.01. The molecule has 1 atom stereocenters. The van der Waals surface area contributed by atoms with Crippen molar-refractivity contribution in [2.45, 2.75) is 31.7 Å². The molecule has 0 bridgehead atoms. The van der Waals surface area contributed by atoms with E-state index in [-0.39, 0.29) is 6.29 Å². The van der Waals surface area contributed by atoms with Crippen molar-refractivity contribution >= 4 is 0 Å². The molecule has 4 heteroatoms. The second kappa shape index (κ2) is 7.17. The molecule has 0 aromatic heterocycles. The lowest BCUT2D eigenvalue weighted by atomic mass is 10.1. The summed E-state index contributed by atoms with van der Waals surface area (Å²) in [7, 11) is 3.29. The van der Waals surface area contributed by atoms with Crippen molar-refractivity contribution in [1.82, 2.24) is 5.32 Å². The standard InChI is InChI=1S/C10H21NO3/c1-12-10(13-2)8-11-7-9-5-3-4-6-14-9/h9-11H,3-8H2,1-2H3. The molecule has 0 spiro atoms. The van der Waals surface area contributed by atoms with Gasteiger partial charge in [0.15, 0.2) is 6.29 Å². The Morgan fingerprint density at radius 1 is 1.36 bits per heavy atom. The summed E-state index contributed by atoms with van der Waals surface area (Å²) in [6.07, 6.45) is 3.87. The van der Waals surface area contributed by atoms with E-state index in [9.17, 15) is 0 Å². The third kappa shape index (κ3) is 4.37. The highest BCUT2D eigenvalue weighted by atomic mass is 16.7. The van der Waals surface area contributed by atoms with Crippen molar-refractivity contribution in [2.24, 2.45) is 0 Å². The van der Waals surface area contributed by atoms with Crippen molar-refractivity contribution in [3.8, 4) is 0 Å². The van der Waals surface area contributed by atoms with E-state index in [4.69, 9.17) is 14.2 Å². The van der Waals surface area contributed by atoms with Crippen LogP contribution in [0.3, 0.4) is 0 Å². The van der Waals surface area contributed by atoms with E-state index in [2.05, 4.69) is 5.32 Å². The summed E-state index contributed by atoms with van der Waals surface area (Å²) in [5.41, 5.74) is 0. The van der Waals surface area contributed by atoms with Gasteiger partial charge in [-0.25, -0.2) is 0 Å². The van der Waals surface area contributed by atoms with Crippen molar-refractivity contribution < 1.29 is 14.2 Å². The molecule has 0 aliphatic carbocycles. The van der Waals surface area contributed by atoms with Gasteiger partial charge in [0.1, 0.15) is 0 Å². The summed E-state index contributed by atoms with van der Waals surface area (Å²) >= 11 is 0. The van der Waals surface area contributed by atoms with Gasteiger partial charge in [-0.05, 0) is 19.3 Å². The maximum absolute atomic E-state index is 5.58. The van der Waals surface area contributed by atoms with Crippen LogP contribution in [0.25, 0.3) is 0 Å². The molecule has 1 saturated heterocycles. The van der Waals surface area contributed by atoms with Gasteiger partial charge in [-0.2, -0.15) is 0 Å². The number of ether oxygens (including phenoxy) is 3. The lowest BCUT2D eigenvalue weighted by Crippen LogP contribution is -2.37. The fourth-order valence-electron chi connectivity index (χ4n) is 1.59. The Morgan fingerprint density at radius 3 is 2.71 bits per heavy atom. The van der Waals surface area contributed by atoms with Crippen LogP contribution < -0.4 is 5.32 Å². The fourth-order valence-corrected chi connectivity index (χ4v) is 1.59. The topological polar surface area (TPSA) is 39.7 Å². The first-order valence-corrected chi connectivity index (χ1v) is 5.24. The summed E-state index contributed by atoms with van der Waals surface area (Å²) in [5.74, 6) is 0. The molecule has 1 unspecified atom stereocenters. The largest absolute Gasteiger partial charge is 0.377 e. The summed E-state index contributed by atoms with van der Waals surface area (Å²) in [5, 5.41) is 3.28. The molecule has 4 nitrogen and oxygen atoms in total. The first-order valence-electron chi connectivity index (χ1n) is 5.24. The first kappa shape index (κ1) is 11.9. The van der Waals surface area contributed by atoms with Crippen LogP contribution in [0.5, 0.6) is 0 Å². The highest BCUT2D eigenvalue weighted by Crippen LogP contribution is 2.11. The van der Waals surface area contributed by atoms with E-state index in [0.29, 0.717) is 12.6 Å². The molecule has 1 fully saturated rings. The van der Waals surface area contributed by atoms with E-state index in [1.165, 1.54) is 12.8 Å². The van der Waals surface area contributed by atoms with Gasteiger partial charge in [-0.3, -0.25) is 0 Å². The predicted octanol–water partition coefficient (Wildman–Crippen LogP) is 0.764. The third-order valence-electron chi connectivity index (χ3n) is 2.48. The minimum Gasteiger partial charge on any atom is -0.377 e. The first-order chi connectivity index (χ1) is 6.86. The highest BCUT2D eigenvalue weighted by molar-refractivity contribution is 4.66. The molecule has 0 aromatic rings. The fraction of sp³-hybridized carbons (Fsp3) is 1.00. The molecular formula is C10H21NO3. The number of methoxy groups -OCH3 is 2. The number of hydrogen-bond donors (Lipinski definition) is 1. The zero-order chi connectivity index (χ0) is 10.2. The minimum atomic E-state index is -0.154. The molecule has 1 aliphatic heterocycles. The average Bonchev–Trinajstić information content (AvgIpc) is 2.26. The predicted molar refractivity (Wildman–Crippen MR) is 54.3 cm³/mol. The Labute approximate surface area is 85.9 Å². The van der Waals surface area contributed by atoms with Crippen LogP contribution in [0.4, 0.5) is 0 Å². The number of hydrogen-bond acceptors (Lipinski definition) is 4. The van der Waals surface area contributed by atoms with Gasteiger partial charge in [0.25, 0.3) is 0 Å². The van der Waals surface area contributed by atoms with Gasteiger partial charge >= 0.3 is 0 Å². The average molecular weight is 203 g/mol. The minimum absolute atomic E-state index is 0.154. The summed E-state index contributed by atoms with van der Waals surface area (Å²) in [6, 6.07) is 0. The van der Waals surface area contributed by atoms with Crippen LogP contribution in [0.15, 0.2) is 0 Å². The van der Waals surface area contributed by atoms with E-state index in [0.717, 1.165) is 19.6 Å². The van der Waals surface area contributed by atoms with Crippen LogP contribution in [0, 0.1) is 0 Å². The summed E-state index contributed by atoms with van der Waals surface area (Å²) < 4.78 is 15.7. The van der Waals surface area contributed by atoms with Crippen molar-refractivity contribution in [2.75, 3.05) is 33.9 Å². The van der Waals surface area contributed by atoms with Crippen molar-refractivity contribution in [1.29, 1.82) is 0 Å². The van der Waals surface area contributed by atoms with E-state index < -0.39 is 0 Å². The van der Waals surface area contributed by atoms with Gasteiger partial charge < -0.3 is 19.5 Å². The Bertz CT molecular complexity index is 133. The van der Waals surface area contributed by atoms with Gasteiger partial charge in [-0.15, -0.1) is 0 Å². The van der Waals surface area contributed by atoms with Gasteiger partial charge in [0.05, 0.1) is 6.10 Å². The van der Waals surface area contributed by atoms with E-state index >= 15 is 0 Å². The monoisotopic (exact) mass is 203 g/mol. The van der Waals surface area contributed by atoms with E-state index in [1.54, 1.807) is 14.2 Å². The smallest absolute Gasteiger partial charge is 0.169 e. The van der Waals surface area contributed by atoms with Crippen LogP contribution >= 0.6 is 0 Å². The van der Waals surface area contributed by atoms with Gasteiger partial charge in [0, 0.05) is 33.9 Å². The Morgan fingerprint density at radius 2 is 2.14 bits per heavy atom. The molecule has 84 valence electrons. The zero-order valence-corrected chi connectivity index (χ0v) is 9.12. The molecule has 14 heavy (non-hydrogen) atoms. The Hall–Kier alpha value is -0.160. The second-order valence-corrected chi connectivity index (χ2v) is 3.55. The van der Waals surface area contributed by atoms with Crippen molar-refractivity contribution in [3.05, 3.63) is 0 Å². The summed E-state index contributed by atoms with van der Waals surface area (Å²) in [4.78, 5) is 0. The lowest BCUT2D eigenvalue weighted by molar-refractivity contribution is -0.100.